The minimum absolute atomic E-state index is 0.175. The molecule has 12 heteroatoms. The first kappa shape index (κ1) is 25.3. The van der Waals surface area contributed by atoms with Crippen molar-refractivity contribution in [3.63, 3.8) is 0 Å². The molecular formula is C18H31N5O7. The van der Waals surface area contributed by atoms with Crippen molar-refractivity contribution < 1.29 is 34.2 Å². The molecule has 0 aliphatic carbocycles. The van der Waals surface area contributed by atoms with Crippen molar-refractivity contribution >= 4 is 29.6 Å². The number of hydrogen-bond donors (Lipinski definition) is 6. The summed E-state index contributed by atoms with van der Waals surface area (Å²) in [6.07, 6.45) is -0.935. The highest BCUT2D eigenvalue weighted by atomic mass is 16.4. The number of rotatable bonds is 10. The molecule has 1 fully saturated rings. The highest BCUT2D eigenvalue weighted by Gasteiger charge is 2.39. The van der Waals surface area contributed by atoms with Crippen molar-refractivity contribution in [2.45, 2.75) is 70.3 Å². The summed E-state index contributed by atoms with van der Waals surface area (Å²) in [5, 5.41) is 23.6. The van der Waals surface area contributed by atoms with E-state index in [9.17, 15) is 34.2 Å². The fraction of sp³-hybridized carbons (Fsp3) is 0.722. The van der Waals surface area contributed by atoms with E-state index in [1.54, 1.807) is 13.8 Å². The molecule has 12 nitrogen and oxygen atoms in total. The number of aliphatic hydroxyl groups excluding tert-OH is 1. The molecule has 30 heavy (non-hydrogen) atoms. The second kappa shape index (κ2) is 10.9. The molecule has 1 saturated heterocycles. The topological polar surface area (TPSA) is 205 Å². The van der Waals surface area contributed by atoms with Crippen LogP contribution in [0.2, 0.25) is 0 Å². The first-order valence-corrected chi connectivity index (χ1v) is 9.72. The summed E-state index contributed by atoms with van der Waals surface area (Å²) < 4.78 is 0. The predicted octanol–water partition coefficient (Wildman–Crippen LogP) is -2.73. The van der Waals surface area contributed by atoms with Crippen molar-refractivity contribution in [1.82, 2.24) is 15.5 Å². The van der Waals surface area contributed by atoms with Gasteiger partial charge >= 0.3 is 5.97 Å². The van der Waals surface area contributed by atoms with Gasteiger partial charge in [-0.2, -0.15) is 0 Å². The molecule has 0 spiro atoms. The second-order valence-electron chi connectivity index (χ2n) is 7.76. The molecule has 8 N–H and O–H groups in total. The van der Waals surface area contributed by atoms with Crippen molar-refractivity contribution in [2.24, 2.45) is 17.4 Å². The molecule has 1 aliphatic heterocycles. The Balaban J connectivity index is 2.99. The molecule has 4 amide bonds. The lowest BCUT2D eigenvalue weighted by Gasteiger charge is -2.29. The number of likely N-dealkylation sites (tertiary alicyclic amines) is 1. The van der Waals surface area contributed by atoms with Gasteiger partial charge in [0.05, 0.1) is 12.5 Å². The van der Waals surface area contributed by atoms with Gasteiger partial charge < -0.3 is 37.2 Å². The monoisotopic (exact) mass is 429 g/mol. The van der Waals surface area contributed by atoms with Crippen LogP contribution in [0.15, 0.2) is 0 Å². The van der Waals surface area contributed by atoms with Crippen LogP contribution in [-0.2, 0) is 24.0 Å². The molecule has 1 heterocycles. The van der Waals surface area contributed by atoms with Crippen LogP contribution in [0.5, 0.6) is 0 Å². The van der Waals surface area contributed by atoms with E-state index in [-0.39, 0.29) is 13.0 Å². The van der Waals surface area contributed by atoms with Crippen molar-refractivity contribution in [3.05, 3.63) is 0 Å². The van der Waals surface area contributed by atoms with Gasteiger partial charge in [0, 0.05) is 6.54 Å². The SMILES string of the molecule is CC(C)C(NC(=O)C(N)C(C)O)C(=O)NC(CC(N)=O)C(=O)N1CCCC1C(=O)O. The third kappa shape index (κ3) is 6.66. The molecule has 0 aromatic carbocycles. The van der Waals surface area contributed by atoms with Gasteiger partial charge in [-0.3, -0.25) is 19.2 Å². The summed E-state index contributed by atoms with van der Waals surface area (Å²) in [5.41, 5.74) is 10.8. The van der Waals surface area contributed by atoms with E-state index in [2.05, 4.69) is 10.6 Å². The molecule has 5 atom stereocenters. The molecule has 0 aromatic rings. The van der Waals surface area contributed by atoms with E-state index in [0.29, 0.717) is 6.42 Å². The molecular weight excluding hydrogens is 398 g/mol. The summed E-state index contributed by atoms with van der Waals surface area (Å²) in [6.45, 7) is 4.79. The van der Waals surface area contributed by atoms with Gasteiger partial charge in [-0.05, 0) is 25.7 Å². The number of carbonyl (C=O) groups excluding carboxylic acids is 4. The Labute approximate surface area is 174 Å². The van der Waals surface area contributed by atoms with Crippen LogP contribution in [0.1, 0.15) is 40.0 Å². The van der Waals surface area contributed by atoms with Gasteiger partial charge in [0.1, 0.15) is 24.2 Å². The number of aliphatic carboxylic acids is 1. The van der Waals surface area contributed by atoms with Crippen molar-refractivity contribution in [3.8, 4) is 0 Å². The fourth-order valence-corrected chi connectivity index (χ4v) is 3.15. The maximum absolute atomic E-state index is 12.8. The van der Waals surface area contributed by atoms with Gasteiger partial charge in [-0.15, -0.1) is 0 Å². The average Bonchev–Trinajstić information content (AvgIpc) is 3.13. The number of carbonyl (C=O) groups is 5. The number of carboxylic acids is 1. The number of nitrogens with zero attached hydrogens (tertiary/aromatic N) is 1. The Morgan fingerprint density at radius 2 is 1.70 bits per heavy atom. The van der Waals surface area contributed by atoms with E-state index in [4.69, 9.17) is 11.5 Å². The minimum Gasteiger partial charge on any atom is -0.480 e. The van der Waals surface area contributed by atoms with Gasteiger partial charge in [0.2, 0.25) is 23.6 Å². The fourth-order valence-electron chi connectivity index (χ4n) is 3.15. The number of primary amides is 1. The number of nitrogens with two attached hydrogens (primary N) is 2. The number of hydrogen-bond acceptors (Lipinski definition) is 7. The molecule has 1 rings (SSSR count). The van der Waals surface area contributed by atoms with Crippen LogP contribution in [0, 0.1) is 5.92 Å². The van der Waals surface area contributed by atoms with Crippen molar-refractivity contribution in [2.75, 3.05) is 6.54 Å². The van der Waals surface area contributed by atoms with E-state index >= 15 is 0 Å². The first-order chi connectivity index (χ1) is 13.9. The summed E-state index contributed by atoms with van der Waals surface area (Å²) in [4.78, 5) is 61.7. The highest BCUT2D eigenvalue weighted by molar-refractivity contribution is 5.96. The normalized spacial score (nSPS) is 20.2. The Bertz CT molecular complexity index is 682. The van der Waals surface area contributed by atoms with Gasteiger partial charge in [0.25, 0.3) is 0 Å². The molecule has 0 saturated carbocycles. The molecule has 0 bridgehead atoms. The Hall–Kier alpha value is -2.73. The predicted molar refractivity (Wildman–Crippen MR) is 105 cm³/mol. The smallest absolute Gasteiger partial charge is 0.326 e. The zero-order valence-electron chi connectivity index (χ0n) is 17.3. The largest absolute Gasteiger partial charge is 0.480 e. The van der Waals surface area contributed by atoms with Crippen LogP contribution < -0.4 is 22.1 Å². The van der Waals surface area contributed by atoms with E-state index in [1.165, 1.54) is 6.92 Å². The van der Waals surface area contributed by atoms with Gasteiger partial charge in [0.15, 0.2) is 0 Å². The second-order valence-corrected chi connectivity index (χ2v) is 7.76. The zero-order chi connectivity index (χ0) is 23.2. The lowest BCUT2D eigenvalue weighted by Crippen LogP contribution is -2.59. The maximum Gasteiger partial charge on any atom is 0.326 e. The summed E-state index contributed by atoms with van der Waals surface area (Å²) >= 11 is 0. The average molecular weight is 429 g/mol. The number of nitrogens with one attached hydrogen (secondary N) is 2. The van der Waals surface area contributed by atoms with E-state index in [0.717, 1.165) is 4.90 Å². The summed E-state index contributed by atoms with van der Waals surface area (Å²) in [6, 6.07) is -4.80. The summed E-state index contributed by atoms with van der Waals surface area (Å²) in [7, 11) is 0. The van der Waals surface area contributed by atoms with Crippen molar-refractivity contribution in [1.29, 1.82) is 0 Å². The zero-order valence-corrected chi connectivity index (χ0v) is 17.3. The third-order valence-electron chi connectivity index (χ3n) is 4.91. The van der Waals surface area contributed by atoms with Gasteiger partial charge in [-0.25, -0.2) is 4.79 Å². The molecule has 170 valence electrons. The van der Waals surface area contributed by atoms with Crippen LogP contribution in [0.4, 0.5) is 0 Å². The molecule has 5 unspecified atom stereocenters. The molecule has 0 radical (unpaired) electrons. The molecule has 1 aliphatic rings. The standard InChI is InChI=1S/C18H31N5O7/c1-8(2)14(22-15(26)13(20)9(3)24)16(27)21-10(7-12(19)25)17(28)23-6-4-5-11(23)18(29)30/h8-11,13-14,24H,4-7,20H2,1-3H3,(H2,19,25)(H,21,27)(H,22,26)(H,29,30). The Morgan fingerprint density at radius 1 is 1.10 bits per heavy atom. The third-order valence-corrected chi connectivity index (χ3v) is 4.91. The summed E-state index contributed by atoms with van der Waals surface area (Å²) in [5.74, 6) is -4.71. The number of carboxylic acid groups (broad SMARTS) is 1. The first-order valence-electron chi connectivity index (χ1n) is 9.72. The van der Waals surface area contributed by atoms with E-state index in [1.807, 2.05) is 0 Å². The van der Waals surface area contributed by atoms with Crippen LogP contribution in [-0.4, -0.2) is 81.5 Å². The number of aliphatic hydroxyl groups is 1. The Morgan fingerprint density at radius 3 is 2.17 bits per heavy atom. The van der Waals surface area contributed by atoms with Crippen LogP contribution in [0.3, 0.4) is 0 Å². The quantitative estimate of drug-likeness (QED) is 0.214. The Kier molecular flexibility index (Phi) is 9.18. The lowest BCUT2D eigenvalue weighted by atomic mass is 10.0. The highest BCUT2D eigenvalue weighted by Crippen LogP contribution is 2.19. The maximum atomic E-state index is 12.8. The van der Waals surface area contributed by atoms with Crippen LogP contribution >= 0.6 is 0 Å². The number of amides is 4. The van der Waals surface area contributed by atoms with Gasteiger partial charge in [-0.1, -0.05) is 13.8 Å². The molecule has 0 aromatic heterocycles. The lowest BCUT2D eigenvalue weighted by molar-refractivity contribution is -0.149. The van der Waals surface area contributed by atoms with E-state index < -0.39 is 72.2 Å². The minimum atomic E-state index is -1.38. The van der Waals surface area contributed by atoms with Crippen LogP contribution in [0.25, 0.3) is 0 Å².